The van der Waals surface area contributed by atoms with Crippen molar-refractivity contribution in [2.75, 3.05) is 6.54 Å². The molecular formula is C14H23N3O. The van der Waals surface area contributed by atoms with Gasteiger partial charge >= 0.3 is 0 Å². The van der Waals surface area contributed by atoms with Gasteiger partial charge in [0.2, 0.25) is 0 Å². The molecule has 1 heterocycles. The first-order valence-electron chi connectivity index (χ1n) is 7.02. The molecular weight excluding hydrogens is 226 g/mol. The number of carbonyl (C=O) groups is 1. The number of carbonyl (C=O) groups excluding carboxylic acids is 1. The molecule has 4 heteroatoms. The van der Waals surface area contributed by atoms with E-state index in [1.54, 1.807) is 6.20 Å². The van der Waals surface area contributed by atoms with Crippen LogP contribution in [0.3, 0.4) is 0 Å². The molecule has 4 nitrogen and oxygen atoms in total. The number of aryl methyl sites for hydroxylation is 1. The molecule has 0 amide bonds. The first-order chi connectivity index (χ1) is 8.76. The van der Waals surface area contributed by atoms with Gasteiger partial charge in [-0.15, -0.1) is 0 Å². The van der Waals surface area contributed by atoms with E-state index in [-0.39, 0.29) is 11.7 Å². The summed E-state index contributed by atoms with van der Waals surface area (Å²) in [5.74, 6) is 1.08. The average molecular weight is 249 g/mol. The van der Waals surface area contributed by atoms with Crippen molar-refractivity contribution in [3.63, 3.8) is 0 Å². The van der Waals surface area contributed by atoms with Crippen LogP contribution in [0.25, 0.3) is 0 Å². The van der Waals surface area contributed by atoms with Crippen molar-refractivity contribution in [1.29, 1.82) is 0 Å². The number of aromatic nitrogens is 2. The second kappa shape index (κ2) is 6.14. The van der Waals surface area contributed by atoms with Crippen molar-refractivity contribution in [2.45, 2.75) is 45.6 Å². The summed E-state index contributed by atoms with van der Waals surface area (Å²) in [6.07, 6.45) is 6.88. The number of nitrogens with zero attached hydrogens (tertiary/aromatic N) is 2. The normalized spacial score (nSPS) is 24.1. The van der Waals surface area contributed by atoms with Gasteiger partial charge in [0.1, 0.15) is 5.69 Å². The van der Waals surface area contributed by atoms with Gasteiger partial charge in [-0.2, -0.15) is 5.10 Å². The minimum Gasteiger partial charge on any atom is -0.330 e. The highest BCUT2D eigenvalue weighted by Crippen LogP contribution is 2.30. The molecule has 2 rings (SSSR count). The zero-order valence-corrected chi connectivity index (χ0v) is 11.1. The zero-order valence-electron chi connectivity index (χ0n) is 11.1. The van der Waals surface area contributed by atoms with Gasteiger partial charge in [0.05, 0.1) is 0 Å². The maximum atomic E-state index is 12.5. The molecule has 1 aromatic rings. The predicted octanol–water partition coefficient (Wildman–Crippen LogP) is 2.24. The van der Waals surface area contributed by atoms with E-state index in [4.69, 9.17) is 5.73 Å². The van der Waals surface area contributed by atoms with E-state index >= 15 is 0 Å². The molecule has 0 saturated heterocycles. The fourth-order valence-corrected chi connectivity index (χ4v) is 2.80. The summed E-state index contributed by atoms with van der Waals surface area (Å²) in [7, 11) is 0. The number of nitrogens with two attached hydrogens (primary N) is 1. The molecule has 1 aromatic heterocycles. The standard InChI is InChI=1S/C14H23N3O/c1-2-9-17-13(7-8-16-17)14(18)12-5-3-11(10-15)4-6-12/h7-8,11-12H,2-6,9-10,15H2,1H3. The van der Waals surface area contributed by atoms with E-state index in [0.29, 0.717) is 5.92 Å². The molecule has 1 saturated carbocycles. The summed E-state index contributed by atoms with van der Waals surface area (Å²) >= 11 is 0. The smallest absolute Gasteiger partial charge is 0.183 e. The lowest BCUT2D eigenvalue weighted by molar-refractivity contribution is 0.0862. The maximum absolute atomic E-state index is 12.5. The van der Waals surface area contributed by atoms with Gasteiger partial charge in [0.15, 0.2) is 5.78 Å². The lowest BCUT2D eigenvalue weighted by Crippen LogP contribution is -2.27. The highest BCUT2D eigenvalue weighted by molar-refractivity contribution is 5.96. The van der Waals surface area contributed by atoms with E-state index in [2.05, 4.69) is 12.0 Å². The Morgan fingerprint density at radius 3 is 2.78 bits per heavy atom. The van der Waals surface area contributed by atoms with Crippen LogP contribution in [0.2, 0.25) is 0 Å². The Kier molecular flexibility index (Phi) is 4.53. The van der Waals surface area contributed by atoms with Crippen LogP contribution in [0.1, 0.15) is 49.5 Å². The van der Waals surface area contributed by atoms with Gasteiger partial charge in [-0.25, -0.2) is 0 Å². The summed E-state index contributed by atoms with van der Waals surface area (Å²) in [5, 5.41) is 4.23. The molecule has 100 valence electrons. The van der Waals surface area contributed by atoms with Gasteiger partial charge in [-0.3, -0.25) is 9.48 Å². The number of rotatable bonds is 5. The number of Topliss-reactive ketones (excluding diaryl/α,β-unsaturated/α-hetero) is 1. The van der Waals surface area contributed by atoms with Crippen LogP contribution in [-0.2, 0) is 6.54 Å². The van der Waals surface area contributed by atoms with E-state index in [1.807, 2.05) is 10.7 Å². The summed E-state index contributed by atoms with van der Waals surface area (Å²) in [5.41, 5.74) is 6.47. The summed E-state index contributed by atoms with van der Waals surface area (Å²) in [4.78, 5) is 12.5. The SMILES string of the molecule is CCCn1nccc1C(=O)C1CCC(CN)CC1. The summed E-state index contributed by atoms with van der Waals surface area (Å²) in [6.45, 7) is 3.68. The highest BCUT2D eigenvalue weighted by Gasteiger charge is 2.27. The van der Waals surface area contributed by atoms with Crippen molar-refractivity contribution in [3.8, 4) is 0 Å². The largest absolute Gasteiger partial charge is 0.330 e. The van der Waals surface area contributed by atoms with Crippen LogP contribution >= 0.6 is 0 Å². The molecule has 1 aliphatic rings. The van der Waals surface area contributed by atoms with Crippen LogP contribution in [-0.4, -0.2) is 22.1 Å². The molecule has 0 atom stereocenters. The molecule has 1 fully saturated rings. The second-order valence-corrected chi connectivity index (χ2v) is 5.26. The average Bonchev–Trinajstić information content (AvgIpc) is 2.87. The zero-order chi connectivity index (χ0) is 13.0. The van der Waals surface area contributed by atoms with Crippen molar-refractivity contribution in [3.05, 3.63) is 18.0 Å². The first-order valence-corrected chi connectivity index (χ1v) is 7.02. The van der Waals surface area contributed by atoms with Crippen molar-refractivity contribution >= 4 is 5.78 Å². The Balaban J connectivity index is 2.01. The molecule has 0 aliphatic heterocycles. The van der Waals surface area contributed by atoms with Gasteiger partial charge in [-0.1, -0.05) is 6.92 Å². The molecule has 18 heavy (non-hydrogen) atoms. The van der Waals surface area contributed by atoms with Gasteiger partial charge in [0.25, 0.3) is 0 Å². The Bertz CT molecular complexity index is 391. The minimum atomic E-state index is 0.181. The summed E-state index contributed by atoms with van der Waals surface area (Å²) < 4.78 is 1.84. The number of hydrogen-bond donors (Lipinski definition) is 1. The lowest BCUT2D eigenvalue weighted by Gasteiger charge is -2.26. The molecule has 2 N–H and O–H groups in total. The summed E-state index contributed by atoms with van der Waals surface area (Å²) in [6, 6.07) is 1.85. The van der Waals surface area contributed by atoms with Crippen LogP contribution in [0, 0.1) is 11.8 Å². The number of ketones is 1. The molecule has 0 bridgehead atoms. The van der Waals surface area contributed by atoms with Crippen LogP contribution < -0.4 is 5.73 Å². The third-order valence-electron chi connectivity index (χ3n) is 3.96. The fourth-order valence-electron chi connectivity index (χ4n) is 2.80. The Labute approximate surface area is 109 Å². The Hall–Kier alpha value is -1.16. The van der Waals surface area contributed by atoms with Crippen LogP contribution in [0.4, 0.5) is 0 Å². The quantitative estimate of drug-likeness (QED) is 0.814. The Morgan fingerprint density at radius 1 is 1.44 bits per heavy atom. The molecule has 0 spiro atoms. The molecule has 0 unspecified atom stereocenters. The Morgan fingerprint density at radius 2 is 2.17 bits per heavy atom. The molecule has 1 aliphatic carbocycles. The van der Waals surface area contributed by atoms with Gasteiger partial charge in [-0.05, 0) is 50.6 Å². The minimum absolute atomic E-state index is 0.181. The van der Waals surface area contributed by atoms with Gasteiger partial charge in [0, 0.05) is 18.7 Å². The number of hydrogen-bond acceptors (Lipinski definition) is 3. The third-order valence-corrected chi connectivity index (χ3v) is 3.96. The topological polar surface area (TPSA) is 60.9 Å². The van der Waals surface area contributed by atoms with Crippen molar-refractivity contribution in [2.24, 2.45) is 17.6 Å². The van der Waals surface area contributed by atoms with E-state index < -0.39 is 0 Å². The lowest BCUT2D eigenvalue weighted by atomic mass is 9.79. The monoisotopic (exact) mass is 249 g/mol. The van der Waals surface area contributed by atoms with Crippen molar-refractivity contribution < 1.29 is 4.79 Å². The predicted molar refractivity (Wildman–Crippen MR) is 71.4 cm³/mol. The highest BCUT2D eigenvalue weighted by atomic mass is 16.1. The third kappa shape index (κ3) is 2.80. The first kappa shape index (κ1) is 13.3. The van der Waals surface area contributed by atoms with Crippen molar-refractivity contribution in [1.82, 2.24) is 9.78 Å². The van der Waals surface area contributed by atoms with E-state index in [0.717, 1.165) is 50.9 Å². The van der Waals surface area contributed by atoms with Crippen LogP contribution in [0.15, 0.2) is 12.3 Å². The second-order valence-electron chi connectivity index (χ2n) is 5.26. The van der Waals surface area contributed by atoms with E-state index in [1.165, 1.54) is 0 Å². The van der Waals surface area contributed by atoms with Gasteiger partial charge < -0.3 is 5.73 Å². The maximum Gasteiger partial charge on any atom is 0.183 e. The fraction of sp³-hybridized carbons (Fsp3) is 0.714. The van der Waals surface area contributed by atoms with E-state index in [9.17, 15) is 4.79 Å². The molecule has 0 radical (unpaired) electrons. The van der Waals surface area contributed by atoms with Crippen LogP contribution in [0.5, 0.6) is 0 Å². The molecule has 0 aromatic carbocycles.